The molecule has 1 aliphatic heterocycles. The molecule has 1 heterocycles. The summed E-state index contributed by atoms with van der Waals surface area (Å²) < 4.78 is 4.75. The standard InChI is InChI=1S/C10H17NO2S/c1-13-9(12)8-7-14-10(11-8)5-3-2-4-6-10/h8,11H,2-7H2,1H3. The monoisotopic (exact) mass is 215 g/mol. The van der Waals surface area contributed by atoms with Gasteiger partial charge in [0.25, 0.3) is 0 Å². The number of hydrogen-bond donors (Lipinski definition) is 1. The SMILES string of the molecule is COC(=O)C1CSC2(CCCCC2)N1. The molecule has 0 aromatic rings. The van der Waals surface area contributed by atoms with Crippen molar-refractivity contribution in [2.45, 2.75) is 43.0 Å². The molecule has 1 spiro atoms. The maximum atomic E-state index is 11.3. The maximum absolute atomic E-state index is 11.3. The molecule has 1 unspecified atom stereocenters. The van der Waals surface area contributed by atoms with Gasteiger partial charge in [0.05, 0.1) is 12.0 Å². The molecule has 0 radical (unpaired) electrons. The number of rotatable bonds is 1. The van der Waals surface area contributed by atoms with Crippen molar-refractivity contribution < 1.29 is 9.53 Å². The zero-order chi connectivity index (χ0) is 10.0. The fourth-order valence-electron chi connectivity index (χ4n) is 2.32. The number of nitrogens with one attached hydrogen (secondary N) is 1. The second kappa shape index (κ2) is 4.11. The third kappa shape index (κ3) is 1.91. The van der Waals surface area contributed by atoms with Crippen LogP contribution in [-0.2, 0) is 9.53 Å². The Bertz CT molecular complexity index is 226. The summed E-state index contributed by atoms with van der Waals surface area (Å²) >= 11 is 1.91. The van der Waals surface area contributed by atoms with Gasteiger partial charge in [0.1, 0.15) is 6.04 Å². The number of methoxy groups -OCH3 is 1. The third-order valence-corrected chi connectivity index (χ3v) is 4.69. The van der Waals surface area contributed by atoms with Gasteiger partial charge in [0.2, 0.25) is 0 Å². The number of carbonyl (C=O) groups excluding carboxylic acids is 1. The highest BCUT2D eigenvalue weighted by atomic mass is 32.2. The molecule has 0 amide bonds. The normalized spacial score (nSPS) is 30.5. The van der Waals surface area contributed by atoms with E-state index in [-0.39, 0.29) is 16.9 Å². The molecule has 80 valence electrons. The van der Waals surface area contributed by atoms with Gasteiger partial charge in [0.15, 0.2) is 0 Å². The predicted octanol–water partition coefficient (Wildman–Crippen LogP) is 1.52. The summed E-state index contributed by atoms with van der Waals surface area (Å²) in [4.78, 5) is 11.5. The Labute approximate surface area is 89.0 Å². The van der Waals surface area contributed by atoms with Gasteiger partial charge in [0, 0.05) is 5.75 Å². The highest BCUT2D eigenvalue weighted by Gasteiger charge is 2.42. The molecule has 2 rings (SSSR count). The van der Waals surface area contributed by atoms with Crippen molar-refractivity contribution in [2.24, 2.45) is 0 Å². The van der Waals surface area contributed by atoms with Crippen molar-refractivity contribution in [1.29, 1.82) is 0 Å². The van der Waals surface area contributed by atoms with E-state index in [0.717, 1.165) is 5.75 Å². The van der Waals surface area contributed by atoms with E-state index in [9.17, 15) is 4.79 Å². The van der Waals surface area contributed by atoms with Gasteiger partial charge in [-0.05, 0) is 12.8 Å². The molecule has 2 fully saturated rings. The molecule has 1 saturated heterocycles. The zero-order valence-corrected chi connectivity index (χ0v) is 9.36. The Kier molecular flexibility index (Phi) is 3.02. The average molecular weight is 215 g/mol. The first-order chi connectivity index (χ1) is 6.76. The Morgan fingerprint density at radius 2 is 2.14 bits per heavy atom. The van der Waals surface area contributed by atoms with Crippen LogP contribution < -0.4 is 5.32 Å². The number of hydrogen-bond acceptors (Lipinski definition) is 4. The summed E-state index contributed by atoms with van der Waals surface area (Å²) in [5, 5.41) is 3.45. The van der Waals surface area contributed by atoms with Crippen molar-refractivity contribution in [2.75, 3.05) is 12.9 Å². The predicted molar refractivity (Wildman–Crippen MR) is 57.2 cm³/mol. The van der Waals surface area contributed by atoms with Gasteiger partial charge in [-0.25, -0.2) is 0 Å². The fraction of sp³-hybridized carbons (Fsp3) is 0.900. The van der Waals surface area contributed by atoms with Gasteiger partial charge in [-0.3, -0.25) is 10.1 Å². The Morgan fingerprint density at radius 3 is 2.79 bits per heavy atom. The minimum absolute atomic E-state index is 0.0805. The number of thioether (sulfide) groups is 1. The van der Waals surface area contributed by atoms with Crippen LogP contribution in [0.4, 0.5) is 0 Å². The molecule has 4 heteroatoms. The highest BCUT2D eigenvalue weighted by Crippen LogP contribution is 2.42. The lowest BCUT2D eigenvalue weighted by Crippen LogP contribution is -2.46. The second-order valence-corrected chi connectivity index (χ2v) is 5.49. The molecule has 1 N–H and O–H groups in total. The first-order valence-corrected chi connectivity index (χ1v) is 6.24. The van der Waals surface area contributed by atoms with E-state index in [4.69, 9.17) is 4.74 Å². The molecule has 1 saturated carbocycles. The minimum atomic E-state index is -0.111. The van der Waals surface area contributed by atoms with E-state index in [1.165, 1.54) is 39.2 Å². The second-order valence-electron chi connectivity index (χ2n) is 4.09. The van der Waals surface area contributed by atoms with Gasteiger partial charge in [-0.1, -0.05) is 19.3 Å². The van der Waals surface area contributed by atoms with Crippen LogP contribution in [0, 0.1) is 0 Å². The molecule has 0 aromatic carbocycles. The van der Waals surface area contributed by atoms with Crippen LogP contribution in [0.5, 0.6) is 0 Å². The van der Waals surface area contributed by atoms with E-state index >= 15 is 0 Å². The molecule has 1 atom stereocenters. The Hall–Kier alpha value is -0.220. The summed E-state index contributed by atoms with van der Waals surface area (Å²) in [6.45, 7) is 0. The molecule has 0 aromatic heterocycles. The van der Waals surface area contributed by atoms with E-state index in [2.05, 4.69) is 5.32 Å². The van der Waals surface area contributed by atoms with Crippen LogP contribution in [0.3, 0.4) is 0 Å². The van der Waals surface area contributed by atoms with Crippen LogP contribution in [-0.4, -0.2) is 29.7 Å². The number of esters is 1. The summed E-state index contributed by atoms with van der Waals surface area (Å²) in [5.74, 6) is 0.757. The number of carbonyl (C=O) groups is 1. The van der Waals surface area contributed by atoms with Gasteiger partial charge in [-0.2, -0.15) is 0 Å². The molecular weight excluding hydrogens is 198 g/mol. The number of ether oxygens (including phenoxy) is 1. The van der Waals surface area contributed by atoms with Gasteiger partial charge >= 0.3 is 5.97 Å². The highest BCUT2D eigenvalue weighted by molar-refractivity contribution is 8.00. The van der Waals surface area contributed by atoms with Crippen molar-refractivity contribution in [3.8, 4) is 0 Å². The van der Waals surface area contributed by atoms with Crippen molar-refractivity contribution in [1.82, 2.24) is 5.32 Å². The van der Waals surface area contributed by atoms with Crippen LogP contribution >= 0.6 is 11.8 Å². The zero-order valence-electron chi connectivity index (χ0n) is 8.54. The summed E-state index contributed by atoms with van der Waals surface area (Å²) in [5.41, 5.74) is 0. The first-order valence-electron chi connectivity index (χ1n) is 5.25. The van der Waals surface area contributed by atoms with E-state index in [1.54, 1.807) is 0 Å². The third-order valence-electron chi connectivity index (χ3n) is 3.11. The lowest BCUT2D eigenvalue weighted by Gasteiger charge is -2.33. The Balaban J connectivity index is 1.95. The topological polar surface area (TPSA) is 38.3 Å². The maximum Gasteiger partial charge on any atom is 0.323 e. The van der Waals surface area contributed by atoms with Crippen molar-refractivity contribution in [3.63, 3.8) is 0 Å². The molecule has 3 nitrogen and oxygen atoms in total. The molecule has 14 heavy (non-hydrogen) atoms. The molecular formula is C10H17NO2S. The fourth-order valence-corrected chi connectivity index (χ4v) is 3.83. The minimum Gasteiger partial charge on any atom is -0.468 e. The summed E-state index contributed by atoms with van der Waals surface area (Å²) in [6.07, 6.45) is 6.31. The summed E-state index contributed by atoms with van der Waals surface area (Å²) in [7, 11) is 1.46. The quantitative estimate of drug-likeness (QED) is 0.673. The van der Waals surface area contributed by atoms with Crippen LogP contribution in [0.1, 0.15) is 32.1 Å². The largest absolute Gasteiger partial charge is 0.468 e. The van der Waals surface area contributed by atoms with Crippen molar-refractivity contribution >= 4 is 17.7 Å². The van der Waals surface area contributed by atoms with Gasteiger partial charge in [-0.15, -0.1) is 11.8 Å². The van der Waals surface area contributed by atoms with Crippen LogP contribution in [0.25, 0.3) is 0 Å². The van der Waals surface area contributed by atoms with Gasteiger partial charge < -0.3 is 4.74 Å². The summed E-state index contributed by atoms with van der Waals surface area (Å²) in [6, 6.07) is -0.0805. The van der Waals surface area contributed by atoms with Crippen LogP contribution in [0.15, 0.2) is 0 Å². The van der Waals surface area contributed by atoms with E-state index in [1.807, 2.05) is 11.8 Å². The molecule has 1 aliphatic carbocycles. The first kappa shape index (κ1) is 10.3. The lowest BCUT2D eigenvalue weighted by atomic mass is 9.94. The Morgan fingerprint density at radius 1 is 1.43 bits per heavy atom. The average Bonchev–Trinajstić information content (AvgIpc) is 2.62. The molecule has 2 aliphatic rings. The lowest BCUT2D eigenvalue weighted by molar-refractivity contribution is -0.142. The smallest absolute Gasteiger partial charge is 0.323 e. The van der Waals surface area contributed by atoms with E-state index in [0.29, 0.717) is 0 Å². The van der Waals surface area contributed by atoms with E-state index < -0.39 is 0 Å². The van der Waals surface area contributed by atoms with Crippen LogP contribution in [0.2, 0.25) is 0 Å². The van der Waals surface area contributed by atoms with Crippen molar-refractivity contribution in [3.05, 3.63) is 0 Å². The molecule has 0 bridgehead atoms.